The summed E-state index contributed by atoms with van der Waals surface area (Å²) in [4.78, 5) is 24.4. The first-order valence-electron chi connectivity index (χ1n) is 6.21. The zero-order valence-electron chi connectivity index (χ0n) is 11.2. The summed E-state index contributed by atoms with van der Waals surface area (Å²) in [5.74, 6) is -0.398. The molecule has 0 unspecified atom stereocenters. The number of amides is 1. The molecular formula is C14H20N2O2. The minimum atomic E-state index is -0.266. The first-order chi connectivity index (χ1) is 8.56. The number of anilines is 2. The fourth-order valence-electron chi connectivity index (χ4n) is 1.78. The average molecular weight is 248 g/mol. The molecule has 1 amide bonds. The van der Waals surface area contributed by atoms with E-state index in [4.69, 9.17) is 0 Å². The lowest BCUT2D eigenvalue weighted by Crippen LogP contribution is -2.21. The zero-order valence-corrected chi connectivity index (χ0v) is 11.2. The highest BCUT2D eigenvalue weighted by Crippen LogP contribution is 2.17. The second-order valence-electron chi connectivity index (χ2n) is 4.15. The lowest BCUT2D eigenvalue weighted by atomic mass is 10.2. The summed E-state index contributed by atoms with van der Waals surface area (Å²) in [6.07, 6.45) is -0.0716. The van der Waals surface area contributed by atoms with Crippen LogP contribution in [0.15, 0.2) is 24.3 Å². The number of ketones is 1. The second kappa shape index (κ2) is 6.79. The molecule has 0 saturated heterocycles. The van der Waals surface area contributed by atoms with E-state index in [2.05, 4.69) is 24.1 Å². The summed E-state index contributed by atoms with van der Waals surface area (Å²) in [6.45, 7) is 7.51. The zero-order chi connectivity index (χ0) is 13.5. The minimum Gasteiger partial charge on any atom is -0.372 e. The number of rotatable bonds is 6. The number of Topliss-reactive ketones (excluding diaryl/α,β-unsaturated/α-hetero) is 1. The van der Waals surface area contributed by atoms with E-state index in [9.17, 15) is 9.59 Å². The van der Waals surface area contributed by atoms with Crippen molar-refractivity contribution in [3.63, 3.8) is 0 Å². The van der Waals surface area contributed by atoms with Gasteiger partial charge in [0, 0.05) is 24.5 Å². The maximum Gasteiger partial charge on any atom is 0.231 e. The van der Waals surface area contributed by atoms with Gasteiger partial charge in [-0.05, 0) is 45.0 Å². The largest absolute Gasteiger partial charge is 0.372 e. The van der Waals surface area contributed by atoms with Gasteiger partial charge in [0.05, 0.1) is 6.42 Å². The Balaban J connectivity index is 2.65. The molecule has 0 aliphatic rings. The van der Waals surface area contributed by atoms with E-state index in [1.807, 2.05) is 24.3 Å². The summed E-state index contributed by atoms with van der Waals surface area (Å²) in [6, 6.07) is 7.64. The van der Waals surface area contributed by atoms with Gasteiger partial charge in [-0.2, -0.15) is 0 Å². The van der Waals surface area contributed by atoms with Gasteiger partial charge < -0.3 is 10.2 Å². The van der Waals surface area contributed by atoms with E-state index < -0.39 is 0 Å². The van der Waals surface area contributed by atoms with Gasteiger partial charge in [-0.3, -0.25) is 9.59 Å². The average Bonchev–Trinajstić information content (AvgIpc) is 2.31. The normalized spacial score (nSPS) is 9.94. The molecule has 0 aromatic heterocycles. The molecule has 18 heavy (non-hydrogen) atoms. The molecule has 0 bridgehead atoms. The Morgan fingerprint density at radius 3 is 2.11 bits per heavy atom. The van der Waals surface area contributed by atoms with Crippen molar-refractivity contribution in [3.05, 3.63) is 24.3 Å². The molecule has 0 heterocycles. The van der Waals surface area contributed by atoms with E-state index in [0.29, 0.717) is 0 Å². The van der Waals surface area contributed by atoms with E-state index in [0.717, 1.165) is 24.5 Å². The van der Waals surface area contributed by atoms with Crippen LogP contribution < -0.4 is 10.2 Å². The van der Waals surface area contributed by atoms with Crippen LogP contribution in [-0.4, -0.2) is 24.8 Å². The van der Waals surface area contributed by atoms with Gasteiger partial charge in [0.15, 0.2) is 0 Å². The predicted octanol–water partition coefficient (Wildman–Crippen LogP) is 2.45. The number of benzene rings is 1. The lowest BCUT2D eigenvalue weighted by Gasteiger charge is -2.21. The van der Waals surface area contributed by atoms with Crippen molar-refractivity contribution in [2.24, 2.45) is 0 Å². The van der Waals surface area contributed by atoms with E-state index in [1.165, 1.54) is 6.92 Å². The fraction of sp³-hybridized carbons (Fsp3) is 0.429. The van der Waals surface area contributed by atoms with Crippen molar-refractivity contribution in [2.75, 3.05) is 23.3 Å². The van der Waals surface area contributed by atoms with Crippen LogP contribution in [0.1, 0.15) is 27.2 Å². The van der Waals surface area contributed by atoms with Crippen molar-refractivity contribution in [2.45, 2.75) is 27.2 Å². The van der Waals surface area contributed by atoms with Crippen LogP contribution in [0.4, 0.5) is 11.4 Å². The smallest absolute Gasteiger partial charge is 0.231 e. The quantitative estimate of drug-likeness (QED) is 0.787. The van der Waals surface area contributed by atoms with Crippen LogP contribution in [-0.2, 0) is 9.59 Å². The van der Waals surface area contributed by atoms with Crippen LogP contribution in [0, 0.1) is 0 Å². The number of nitrogens with zero attached hydrogens (tertiary/aromatic N) is 1. The molecule has 4 nitrogen and oxygen atoms in total. The van der Waals surface area contributed by atoms with Gasteiger partial charge in [-0.25, -0.2) is 0 Å². The highest BCUT2D eigenvalue weighted by molar-refractivity contribution is 6.03. The third kappa shape index (κ3) is 4.20. The minimum absolute atomic E-state index is 0.0716. The van der Waals surface area contributed by atoms with Crippen molar-refractivity contribution < 1.29 is 9.59 Å². The number of hydrogen-bond donors (Lipinski definition) is 1. The van der Waals surface area contributed by atoms with Crippen LogP contribution in [0.25, 0.3) is 0 Å². The molecule has 0 aliphatic carbocycles. The lowest BCUT2D eigenvalue weighted by molar-refractivity contribution is -0.124. The van der Waals surface area contributed by atoms with Crippen LogP contribution in [0.5, 0.6) is 0 Å². The third-order valence-corrected chi connectivity index (χ3v) is 2.69. The summed E-state index contributed by atoms with van der Waals surface area (Å²) in [5, 5.41) is 2.70. The molecule has 1 aromatic carbocycles. The molecule has 0 spiro atoms. The van der Waals surface area contributed by atoms with Crippen molar-refractivity contribution >= 4 is 23.1 Å². The maximum absolute atomic E-state index is 11.4. The second-order valence-corrected chi connectivity index (χ2v) is 4.15. The van der Waals surface area contributed by atoms with Gasteiger partial charge in [0.25, 0.3) is 0 Å². The maximum atomic E-state index is 11.4. The monoisotopic (exact) mass is 248 g/mol. The highest BCUT2D eigenvalue weighted by Gasteiger charge is 2.06. The van der Waals surface area contributed by atoms with Crippen molar-refractivity contribution in [1.82, 2.24) is 0 Å². The number of hydrogen-bond acceptors (Lipinski definition) is 3. The van der Waals surface area contributed by atoms with Gasteiger partial charge in [0.1, 0.15) is 5.78 Å². The standard InChI is InChI=1S/C14H20N2O2/c1-4-16(5-2)13-8-6-12(7-9-13)15-14(18)10-11(3)17/h6-9H,4-5,10H2,1-3H3,(H,15,18). The molecule has 1 N–H and O–H groups in total. The molecule has 1 rings (SSSR count). The highest BCUT2D eigenvalue weighted by atomic mass is 16.2. The molecule has 1 aromatic rings. The molecule has 98 valence electrons. The summed E-state index contributed by atoms with van der Waals surface area (Å²) in [5.41, 5.74) is 1.85. The van der Waals surface area contributed by atoms with E-state index in [1.54, 1.807) is 0 Å². The topological polar surface area (TPSA) is 49.4 Å². The third-order valence-electron chi connectivity index (χ3n) is 2.69. The molecule has 0 fully saturated rings. The van der Waals surface area contributed by atoms with Crippen LogP contribution >= 0.6 is 0 Å². The van der Waals surface area contributed by atoms with Gasteiger partial charge in [0.2, 0.25) is 5.91 Å². The Bertz CT molecular complexity index is 408. The number of nitrogens with one attached hydrogen (secondary N) is 1. The Hall–Kier alpha value is -1.84. The Kier molecular flexibility index (Phi) is 5.36. The molecule has 0 radical (unpaired) electrons. The summed E-state index contributed by atoms with van der Waals surface area (Å²) in [7, 11) is 0. The summed E-state index contributed by atoms with van der Waals surface area (Å²) < 4.78 is 0. The Morgan fingerprint density at radius 1 is 1.11 bits per heavy atom. The van der Waals surface area contributed by atoms with E-state index >= 15 is 0 Å². The van der Waals surface area contributed by atoms with Crippen LogP contribution in [0.2, 0.25) is 0 Å². The first kappa shape index (κ1) is 14.2. The van der Waals surface area contributed by atoms with Crippen molar-refractivity contribution in [1.29, 1.82) is 0 Å². The summed E-state index contributed by atoms with van der Waals surface area (Å²) >= 11 is 0. The molecular weight excluding hydrogens is 228 g/mol. The van der Waals surface area contributed by atoms with Gasteiger partial charge in [-0.15, -0.1) is 0 Å². The molecule has 0 aliphatic heterocycles. The first-order valence-corrected chi connectivity index (χ1v) is 6.21. The Labute approximate surface area is 108 Å². The van der Waals surface area contributed by atoms with E-state index in [-0.39, 0.29) is 18.1 Å². The van der Waals surface area contributed by atoms with Gasteiger partial charge >= 0.3 is 0 Å². The fourth-order valence-corrected chi connectivity index (χ4v) is 1.78. The predicted molar refractivity (Wildman–Crippen MR) is 73.9 cm³/mol. The SMILES string of the molecule is CCN(CC)c1ccc(NC(=O)CC(C)=O)cc1. The molecule has 0 atom stereocenters. The van der Waals surface area contributed by atoms with Gasteiger partial charge in [-0.1, -0.05) is 0 Å². The molecule has 0 saturated carbocycles. The van der Waals surface area contributed by atoms with Crippen LogP contribution in [0.3, 0.4) is 0 Å². The molecule has 4 heteroatoms. The number of carbonyl (C=O) groups is 2. The Morgan fingerprint density at radius 2 is 1.67 bits per heavy atom. The number of carbonyl (C=O) groups excluding carboxylic acids is 2. The van der Waals surface area contributed by atoms with Crippen molar-refractivity contribution in [3.8, 4) is 0 Å².